The maximum absolute atomic E-state index is 11.5. The van der Waals surface area contributed by atoms with Gasteiger partial charge >= 0.3 is 0 Å². The number of hydrogen-bond donors (Lipinski definition) is 0. The van der Waals surface area contributed by atoms with E-state index < -0.39 is 0 Å². The first-order valence-electron chi connectivity index (χ1n) is 4.97. The molecule has 1 aliphatic rings. The van der Waals surface area contributed by atoms with Crippen LogP contribution in [0, 0.1) is 0 Å². The summed E-state index contributed by atoms with van der Waals surface area (Å²) >= 11 is 1.38. The van der Waals surface area contributed by atoms with Crippen LogP contribution < -0.4 is 4.90 Å². The zero-order chi connectivity index (χ0) is 11.1. The van der Waals surface area contributed by atoms with Crippen LogP contribution in [-0.2, 0) is 9.59 Å². The lowest BCUT2D eigenvalue weighted by molar-refractivity contribution is -0.121. The lowest BCUT2D eigenvalue weighted by Gasteiger charge is -2.07. The molecule has 0 N–H and O–H groups in total. The van der Waals surface area contributed by atoms with Gasteiger partial charge in [0.05, 0.1) is 10.2 Å². The van der Waals surface area contributed by atoms with Gasteiger partial charge in [-0.2, -0.15) is 0 Å². The minimum absolute atomic E-state index is 0.149. The molecule has 80 valence electrons. The Morgan fingerprint density at radius 1 is 1.12 bits per heavy atom. The average molecular weight is 232 g/mol. The molecule has 3 rings (SSSR count). The van der Waals surface area contributed by atoms with E-state index in [1.165, 1.54) is 16.2 Å². The van der Waals surface area contributed by atoms with Gasteiger partial charge in [-0.1, -0.05) is 23.5 Å². The molecule has 4 nitrogen and oxygen atoms in total. The van der Waals surface area contributed by atoms with E-state index in [4.69, 9.17) is 0 Å². The summed E-state index contributed by atoms with van der Waals surface area (Å²) in [5.41, 5.74) is 0.829. The summed E-state index contributed by atoms with van der Waals surface area (Å²) in [7, 11) is 0. The van der Waals surface area contributed by atoms with E-state index in [-0.39, 0.29) is 11.8 Å². The number of carbonyl (C=O) groups is 2. The first-order chi connectivity index (χ1) is 7.75. The van der Waals surface area contributed by atoms with Gasteiger partial charge in [-0.3, -0.25) is 9.59 Å². The molecule has 0 spiro atoms. The van der Waals surface area contributed by atoms with E-state index in [0.717, 1.165) is 10.2 Å². The Morgan fingerprint density at radius 2 is 1.81 bits per heavy atom. The lowest BCUT2D eigenvalue weighted by atomic mass is 10.3. The third kappa shape index (κ3) is 1.32. The molecule has 0 bridgehead atoms. The lowest BCUT2D eigenvalue weighted by Crippen LogP contribution is -2.28. The number of amides is 2. The molecule has 0 unspecified atom stereocenters. The number of aromatic nitrogens is 1. The van der Waals surface area contributed by atoms with E-state index in [1.54, 1.807) is 0 Å². The van der Waals surface area contributed by atoms with Gasteiger partial charge in [-0.05, 0) is 12.1 Å². The van der Waals surface area contributed by atoms with Gasteiger partial charge in [-0.25, -0.2) is 9.88 Å². The van der Waals surface area contributed by atoms with Crippen molar-refractivity contribution < 1.29 is 9.59 Å². The van der Waals surface area contributed by atoms with Gasteiger partial charge in [-0.15, -0.1) is 0 Å². The molecule has 0 atom stereocenters. The van der Waals surface area contributed by atoms with Crippen molar-refractivity contribution in [1.29, 1.82) is 0 Å². The number of para-hydroxylation sites is 1. The van der Waals surface area contributed by atoms with Gasteiger partial charge in [0.25, 0.3) is 0 Å². The SMILES string of the molecule is O=C1CCC(=O)N1c1nc2ccccc2s1. The Morgan fingerprint density at radius 3 is 2.50 bits per heavy atom. The molecule has 1 fully saturated rings. The molecular weight excluding hydrogens is 224 g/mol. The number of rotatable bonds is 1. The van der Waals surface area contributed by atoms with E-state index in [1.807, 2.05) is 24.3 Å². The van der Waals surface area contributed by atoms with Crippen molar-refractivity contribution in [2.75, 3.05) is 4.90 Å². The van der Waals surface area contributed by atoms with Crippen molar-refractivity contribution in [2.45, 2.75) is 12.8 Å². The molecule has 5 heteroatoms. The van der Waals surface area contributed by atoms with Crippen molar-refractivity contribution in [1.82, 2.24) is 4.98 Å². The van der Waals surface area contributed by atoms with Crippen LogP contribution >= 0.6 is 11.3 Å². The third-order valence-electron chi connectivity index (χ3n) is 2.53. The molecule has 1 aromatic carbocycles. The first kappa shape index (κ1) is 9.47. The molecule has 1 aromatic heterocycles. The largest absolute Gasteiger partial charge is 0.274 e. The van der Waals surface area contributed by atoms with Crippen LogP contribution in [0.1, 0.15) is 12.8 Å². The Bertz CT molecular complexity index is 541. The summed E-state index contributed by atoms with van der Waals surface area (Å²) in [5.74, 6) is -0.298. The highest BCUT2D eigenvalue weighted by atomic mass is 32.1. The van der Waals surface area contributed by atoms with Crippen molar-refractivity contribution in [3.63, 3.8) is 0 Å². The number of anilines is 1. The first-order valence-corrected chi connectivity index (χ1v) is 5.79. The second-order valence-electron chi connectivity index (χ2n) is 3.59. The summed E-state index contributed by atoms with van der Waals surface area (Å²) in [6, 6.07) is 7.61. The van der Waals surface area contributed by atoms with Crippen LogP contribution in [-0.4, -0.2) is 16.8 Å². The zero-order valence-electron chi connectivity index (χ0n) is 8.34. The second-order valence-corrected chi connectivity index (χ2v) is 4.60. The maximum Gasteiger partial charge on any atom is 0.236 e. The number of benzene rings is 1. The van der Waals surface area contributed by atoms with Gasteiger partial charge < -0.3 is 0 Å². The fourth-order valence-corrected chi connectivity index (χ4v) is 2.75. The molecule has 2 aromatic rings. The van der Waals surface area contributed by atoms with Crippen molar-refractivity contribution in [3.05, 3.63) is 24.3 Å². The highest BCUT2D eigenvalue weighted by molar-refractivity contribution is 7.22. The van der Waals surface area contributed by atoms with Gasteiger partial charge in [0, 0.05) is 12.8 Å². The topological polar surface area (TPSA) is 50.3 Å². The summed E-state index contributed by atoms with van der Waals surface area (Å²) in [5, 5.41) is 0.494. The number of imide groups is 1. The second kappa shape index (κ2) is 3.38. The van der Waals surface area contributed by atoms with Crippen molar-refractivity contribution in [3.8, 4) is 0 Å². The number of thiazole rings is 1. The van der Waals surface area contributed by atoms with E-state index in [9.17, 15) is 9.59 Å². The average Bonchev–Trinajstić information content (AvgIpc) is 2.82. The Balaban J connectivity index is 2.12. The van der Waals surface area contributed by atoms with Gasteiger partial charge in [0.15, 0.2) is 5.13 Å². The molecule has 2 heterocycles. The smallest absolute Gasteiger partial charge is 0.236 e. The molecular formula is C11H8N2O2S. The van der Waals surface area contributed by atoms with Crippen LogP contribution in [0.5, 0.6) is 0 Å². The summed E-state index contributed by atoms with van der Waals surface area (Å²) < 4.78 is 0.991. The number of carbonyl (C=O) groups excluding carboxylic acids is 2. The van der Waals surface area contributed by atoms with Crippen LogP contribution in [0.2, 0.25) is 0 Å². The van der Waals surface area contributed by atoms with Crippen molar-refractivity contribution >= 4 is 38.5 Å². The van der Waals surface area contributed by atoms with Gasteiger partial charge in [0.1, 0.15) is 0 Å². The molecule has 0 aliphatic carbocycles. The Kier molecular flexibility index (Phi) is 2.00. The van der Waals surface area contributed by atoms with Crippen LogP contribution in [0.4, 0.5) is 5.13 Å². The normalized spacial score (nSPS) is 16.4. The molecule has 1 saturated heterocycles. The molecule has 16 heavy (non-hydrogen) atoms. The van der Waals surface area contributed by atoms with E-state index in [2.05, 4.69) is 4.98 Å². The fourth-order valence-electron chi connectivity index (χ4n) is 1.75. The highest BCUT2D eigenvalue weighted by Crippen LogP contribution is 2.31. The minimum Gasteiger partial charge on any atom is -0.274 e. The monoisotopic (exact) mass is 232 g/mol. The number of fused-ring (bicyclic) bond motifs is 1. The quantitative estimate of drug-likeness (QED) is 0.706. The van der Waals surface area contributed by atoms with Crippen LogP contribution in [0.15, 0.2) is 24.3 Å². The minimum atomic E-state index is -0.149. The number of nitrogens with zero attached hydrogens (tertiary/aromatic N) is 2. The number of hydrogen-bond acceptors (Lipinski definition) is 4. The molecule has 0 radical (unpaired) electrons. The predicted octanol–water partition coefficient (Wildman–Crippen LogP) is 1.95. The summed E-state index contributed by atoms with van der Waals surface area (Å²) in [4.78, 5) is 28.6. The van der Waals surface area contributed by atoms with E-state index >= 15 is 0 Å². The zero-order valence-corrected chi connectivity index (χ0v) is 9.16. The van der Waals surface area contributed by atoms with Crippen LogP contribution in [0.3, 0.4) is 0 Å². The van der Waals surface area contributed by atoms with Crippen LogP contribution in [0.25, 0.3) is 10.2 Å². The fraction of sp³-hybridized carbons (Fsp3) is 0.182. The molecule has 2 amide bonds. The third-order valence-corrected chi connectivity index (χ3v) is 3.55. The highest BCUT2D eigenvalue weighted by Gasteiger charge is 2.32. The summed E-state index contributed by atoms with van der Waals surface area (Å²) in [6.07, 6.45) is 0.601. The predicted molar refractivity (Wildman–Crippen MR) is 61.3 cm³/mol. The molecule has 0 saturated carbocycles. The Hall–Kier alpha value is -1.75. The maximum atomic E-state index is 11.5. The van der Waals surface area contributed by atoms with E-state index in [0.29, 0.717) is 18.0 Å². The summed E-state index contributed by atoms with van der Waals surface area (Å²) in [6.45, 7) is 0. The molecule has 1 aliphatic heterocycles. The van der Waals surface area contributed by atoms with Crippen molar-refractivity contribution in [2.24, 2.45) is 0 Å². The van der Waals surface area contributed by atoms with Gasteiger partial charge in [0.2, 0.25) is 11.8 Å². The Labute approximate surface area is 95.5 Å². The standard InChI is InChI=1S/C11H8N2O2S/c14-9-5-6-10(15)13(9)11-12-7-3-1-2-4-8(7)16-11/h1-4H,5-6H2.